The molecule has 0 aliphatic carbocycles. The molecule has 1 aliphatic heterocycles. The molecule has 3 heterocycles. The number of piperazine rings is 1. The lowest BCUT2D eigenvalue weighted by Gasteiger charge is -2.45. The molecule has 0 bridgehead atoms. The SMILES string of the molecule is CC(c1ccccc1)(c1ccn[nH]1)N1CCN(CCc2cccc(C(F)(F)F)n2)CC1. The van der Waals surface area contributed by atoms with Gasteiger partial charge in [-0.1, -0.05) is 36.4 Å². The first-order valence-corrected chi connectivity index (χ1v) is 10.4. The predicted octanol–water partition coefficient (Wildman–Crippen LogP) is 3.95. The van der Waals surface area contributed by atoms with Gasteiger partial charge in [0.2, 0.25) is 0 Å². The van der Waals surface area contributed by atoms with Crippen LogP contribution in [0.4, 0.5) is 13.2 Å². The second kappa shape index (κ2) is 8.80. The van der Waals surface area contributed by atoms with Gasteiger partial charge >= 0.3 is 6.18 Å². The monoisotopic (exact) mass is 429 g/mol. The number of hydrogen-bond acceptors (Lipinski definition) is 4. The third-order valence-electron chi connectivity index (χ3n) is 6.15. The molecule has 0 radical (unpaired) electrons. The highest BCUT2D eigenvalue weighted by atomic mass is 19.4. The Bertz CT molecular complexity index is 966. The van der Waals surface area contributed by atoms with Crippen molar-refractivity contribution in [3.63, 3.8) is 0 Å². The topological polar surface area (TPSA) is 48.1 Å². The van der Waals surface area contributed by atoms with Crippen LogP contribution in [-0.2, 0) is 18.1 Å². The highest BCUT2D eigenvalue weighted by Gasteiger charge is 2.38. The zero-order valence-corrected chi connectivity index (χ0v) is 17.4. The van der Waals surface area contributed by atoms with Crippen LogP contribution in [0.3, 0.4) is 0 Å². The first-order chi connectivity index (χ1) is 14.9. The van der Waals surface area contributed by atoms with Crippen LogP contribution in [0, 0.1) is 0 Å². The van der Waals surface area contributed by atoms with E-state index in [9.17, 15) is 13.2 Å². The van der Waals surface area contributed by atoms with Crippen LogP contribution >= 0.6 is 0 Å². The van der Waals surface area contributed by atoms with E-state index in [0.29, 0.717) is 18.7 Å². The summed E-state index contributed by atoms with van der Waals surface area (Å²) in [7, 11) is 0. The smallest absolute Gasteiger partial charge is 0.300 e. The van der Waals surface area contributed by atoms with E-state index < -0.39 is 11.9 Å². The van der Waals surface area contributed by atoms with Gasteiger partial charge in [-0.05, 0) is 30.7 Å². The third kappa shape index (κ3) is 4.65. The minimum Gasteiger partial charge on any atom is -0.300 e. The zero-order valence-electron chi connectivity index (χ0n) is 17.4. The lowest BCUT2D eigenvalue weighted by atomic mass is 9.86. The van der Waals surface area contributed by atoms with Gasteiger partial charge < -0.3 is 4.90 Å². The molecular formula is C23H26F3N5. The second-order valence-corrected chi connectivity index (χ2v) is 8.00. The lowest BCUT2D eigenvalue weighted by molar-refractivity contribution is -0.141. The van der Waals surface area contributed by atoms with E-state index in [2.05, 4.69) is 44.0 Å². The van der Waals surface area contributed by atoms with Crippen molar-refractivity contribution in [3.05, 3.63) is 83.4 Å². The fraction of sp³-hybridized carbons (Fsp3) is 0.391. The highest BCUT2D eigenvalue weighted by molar-refractivity contribution is 5.33. The quantitative estimate of drug-likeness (QED) is 0.645. The van der Waals surface area contributed by atoms with Crippen molar-refractivity contribution in [3.8, 4) is 0 Å². The van der Waals surface area contributed by atoms with Gasteiger partial charge in [-0.25, -0.2) is 4.98 Å². The van der Waals surface area contributed by atoms with Gasteiger partial charge in [-0.3, -0.25) is 10.00 Å². The third-order valence-corrected chi connectivity index (χ3v) is 6.15. The molecule has 0 amide bonds. The fourth-order valence-electron chi connectivity index (χ4n) is 4.27. The maximum atomic E-state index is 12.9. The number of aromatic amines is 1. The van der Waals surface area contributed by atoms with Crippen LogP contribution in [0.1, 0.15) is 29.6 Å². The van der Waals surface area contributed by atoms with Crippen molar-refractivity contribution in [1.82, 2.24) is 25.0 Å². The lowest BCUT2D eigenvalue weighted by Crippen LogP contribution is -2.55. The van der Waals surface area contributed by atoms with Gasteiger partial charge in [0.15, 0.2) is 0 Å². The van der Waals surface area contributed by atoms with Crippen LogP contribution in [0.5, 0.6) is 0 Å². The molecule has 4 rings (SSSR count). The van der Waals surface area contributed by atoms with Gasteiger partial charge in [0.1, 0.15) is 5.69 Å². The molecule has 1 N–H and O–H groups in total. The number of H-pyrrole nitrogens is 1. The van der Waals surface area contributed by atoms with E-state index >= 15 is 0 Å². The average Bonchev–Trinajstić information content (AvgIpc) is 3.33. The Morgan fingerprint density at radius 1 is 0.935 bits per heavy atom. The van der Waals surface area contributed by atoms with E-state index in [4.69, 9.17) is 0 Å². The van der Waals surface area contributed by atoms with E-state index in [1.165, 1.54) is 11.6 Å². The van der Waals surface area contributed by atoms with Gasteiger partial charge in [0.25, 0.3) is 0 Å². The molecule has 31 heavy (non-hydrogen) atoms. The maximum absolute atomic E-state index is 12.9. The number of pyridine rings is 1. The summed E-state index contributed by atoms with van der Waals surface area (Å²) in [6.07, 6.45) is -2.13. The number of aromatic nitrogens is 3. The molecule has 164 valence electrons. The van der Waals surface area contributed by atoms with Crippen LogP contribution in [0.15, 0.2) is 60.8 Å². The van der Waals surface area contributed by atoms with Crippen LogP contribution in [0.2, 0.25) is 0 Å². The molecule has 3 aromatic rings. The first-order valence-electron chi connectivity index (χ1n) is 10.4. The normalized spacial score (nSPS) is 18.1. The molecule has 1 saturated heterocycles. The number of benzene rings is 1. The Balaban J connectivity index is 1.41. The number of nitrogens with one attached hydrogen (secondary N) is 1. The number of alkyl halides is 3. The molecule has 1 aliphatic rings. The van der Waals surface area contributed by atoms with Crippen molar-refractivity contribution >= 4 is 0 Å². The van der Waals surface area contributed by atoms with Crippen molar-refractivity contribution in [2.24, 2.45) is 0 Å². The molecule has 1 unspecified atom stereocenters. The second-order valence-electron chi connectivity index (χ2n) is 8.00. The van der Waals surface area contributed by atoms with Crippen molar-refractivity contribution in [2.75, 3.05) is 32.7 Å². The van der Waals surface area contributed by atoms with Gasteiger partial charge in [0.05, 0.1) is 11.2 Å². The van der Waals surface area contributed by atoms with Gasteiger partial charge in [-0.15, -0.1) is 0 Å². The Kier molecular flexibility index (Phi) is 6.11. The Morgan fingerprint density at radius 3 is 2.32 bits per heavy atom. The molecule has 1 aromatic carbocycles. The summed E-state index contributed by atoms with van der Waals surface area (Å²) >= 11 is 0. The molecule has 8 heteroatoms. The maximum Gasteiger partial charge on any atom is 0.433 e. The summed E-state index contributed by atoms with van der Waals surface area (Å²) in [6, 6.07) is 16.5. The molecule has 1 fully saturated rings. The highest BCUT2D eigenvalue weighted by Crippen LogP contribution is 2.35. The summed E-state index contributed by atoms with van der Waals surface area (Å²) in [6.45, 7) is 6.28. The van der Waals surface area contributed by atoms with E-state index in [1.54, 1.807) is 12.3 Å². The predicted molar refractivity (Wildman–Crippen MR) is 112 cm³/mol. The van der Waals surface area contributed by atoms with Crippen LogP contribution < -0.4 is 0 Å². The number of rotatable bonds is 6. The van der Waals surface area contributed by atoms with Crippen LogP contribution in [-0.4, -0.2) is 57.7 Å². The summed E-state index contributed by atoms with van der Waals surface area (Å²) in [5, 5.41) is 7.31. The van der Waals surface area contributed by atoms with E-state index in [0.717, 1.165) is 37.9 Å². The van der Waals surface area contributed by atoms with Crippen molar-refractivity contribution < 1.29 is 13.2 Å². The molecular weight excluding hydrogens is 403 g/mol. The molecule has 5 nitrogen and oxygen atoms in total. The number of hydrogen-bond donors (Lipinski definition) is 1. The van der Waals surface area contributed by atoms with Gasteiger partial charge in [-0.2, -0.15) is 18.3 Å². The standard InChI is InChI=1S/C23H26F3N5/c1-22(20-10-12-27-29-20,18-6-3-2-4-7-18)31-16-14-30(15-17-31)13-11-19-8-5-9-21(28-19)23(24,25)26/h2-10,12H,11,13-17H2,1H3,(H,27,29). The largest absolute Gasteiger partial charge is 0.433 e. The van der Waals surface area contributed by atoms with Gasteiger partial charge in [0, 0.05) is 51.0 Å². The summed E-state index contributed by atoms with van der Waals surface area (Å²) in [4.78, 5) is 8.51. The Hall–Kier alpha value is -2.71. The first kappa shape index (κ1) is 21.5. The number of nitrogens with zero attached hydrogens (tertiary/aromatic N) is 4. The molecule has 2 aromatic heterocycles. The summed E-state index contributed by atoms with van der Waals surface area (Å²) < 4.78 is 38.7. The molecule has 0 spiro atoms. The number of halogens is 3. The Labute approximate surface area is 179 Å². The minimum atomic E-state index is -4.41. The van der Waals surface area contributed by atoms with Crippen molar-refractivity contribution in [2.45, 2.75) is 25.1 Å². The fourth-order valence-corrected chi connectivity index (χ4v) is 4.27. The molecule has 0 saturated carbocycles. The van der Waals surface area contributed by atoms with Crippen LogP contribution in [0.25, 0.3) is 0 Å². The van der Waals surface area contributed by atoms with E-state index in [1.807, 2.05) is 24.3 Å². The Morgan fingerprint density at radius 2 is 1.68 bits per heavy atom. The average molecular weight is 429 g/mol. The zero-order chi connectivity index (χ0) is 21.9. The minimum absolute atomic E-state index is 0.327. The molecule has 1 atom stereocenters. The summed E-state index contributed by atoms with van der Waals surface area (Å²) in [5.74, 6) is 0. The van der Waals surface area contributed by atoms with E-state index in [-0.39, 0.29) is 5.54 Å². The van der Waals surface area contributed by atoms with Crippen molar-refractivity contribution in [1.29, 1.82) is 0 Å². The summed E-state index contributed by atoms with van der Waals surface area (Å²) in [5.41, 5.74) is 1.56.